The molecule has 0 aliphatic heterocycles. The van der Waals surface area contributed by atoms with E-state index in [2.05, 4.69) is 15.8 Å². The van der Waals surface area contributed by atoms with E-state index in [0.717, 1.165) is 0 Å². The molecule has 0 bridgehead atoms. The second-order valence-corrected chi connectivity index (χ2v) is 5.55. The zero-order chi connectivity index (χ0) is 17.7. The van der Waals surface area contributed by atoms with E-state index in [1.807, 2.05) is 6.92 Å². The Hall–Kier alpha value is -2.70. The van der Waals surface area contributed by atoms with Crippen LogP contribution in [0.25, 0.3) is 0 Å². The van der Waals surface area contributed by atoms with Gasteiger partial charge in [-0.1, -0.05) is 24.2 Å². The third kappa shape index (κ3) is 4.41. The molecule has 0 saturated heterocycles. The Balaban J connectivity index is 1.98. The maximum absolute atomic E-state index is 13.0. The zero-order valence-corrected chi connectivity index (χ0v) is 13.8. The number of carbonyl (C=O) groups is 2. The van der Waals surface area contributed by atoms with Crippen molar-refractivity contribution in [1.29, 1.82) is 0 Å². The summed E-state index contributed by atoms with van der Waals surface area (Å²) in [5.74, 6) is -0.623. The van der Waals surface area contributed by atoms with E-state index in [9.17, 15) is 14.0 Å². The first-order chi connectivity index (χ1) is 11.4. The van der Waals surface area contributed by atoms with Crippen molar-refractivity contribution in [2.75, 3.05) is 5.32 Å². The molecule has 2 rings (SSSR count). The summed E-state index contributed by atoms with van der Waals surface area (Å²) in [6.07, 6.45) is 0.536. The average molecular weight is 333 g/mol. The van der Waals surface area contributed by atoms with Gasteiger partial charge in [0, 0.05) is 6.07 Å². The fourth-order valence-electron chi connectivity index (χ4n) is 2.31. The van der Waals surface area contributed by atoms with Crippen LogP contribution in [0.2, 0.25) is 0 Å². The van der Waals surface area contributed by atoms with Gasteiger partial charge in [0.15, 0.2) is 5.82 Å². The zero-order valence-electron chi connectivity index (χ0n) is 13.8. The van der Waals surface area contributed by atoms with Crippen LogP contribution >= 0.6 is 0 Å². The van der Waals surface area contributed by atoms with E-state index in [1.165, 1.54) is 12.1 Å². The summed E-state index contributed by atoms with van der Waals surface area (Å²) in [6.45, 7) is 5.15. The van der Waals surface area contributed by atoms with E-state index in [1.54, 1.807) is 32.0 Å². The number of hydrogen-bond acceptors (Lipinski definition) is 4. The summed E-state index contributed by atoms with van der Waals surface area (Å²) in [5, 5.41) is 8.90. The van der Waals surface area contributed by atoms with Gasteiger partial charge in [-0.2, -0.15) is 0 Å². The summed E-state index contributed by atoms with van der Waals surface area (Å²) in [6, 6.07) is 6.62. The minimum atomic E-state index is -0.746. The average Bonchev–Trinajstić information content (AvgIpc) is 2.94. The number of anilines is 1. The van der Waals surface area contributed by atoms with Crippen molar-refractivity contribution in [1.82, 2.24) is 10.5 Å². The van der Waals surface area contributed by atoms with Crippen molar-refractivity contribution < 1.29 is 18.5 Å². The molecule has 2 aromatic rings. The Bertz CT molecular complexity index is 712. The number of halogens is 1. The van der Waals surface area contributed by atoms with Crippen LogP contribution < -0.4 is 10.6 Å². The minimum absolute atomic E-state index is 0.289. The van der Waals surface area contributed by atoms with Crippen LogP contribution in [0.1, 0.15) is 37.5 Å². The molecule has 1 unspecified atom stereocenters. The Morgan fingerprint density at radius 3 is 2.46 bits per heavy atom. The van der Waals surface area contributed by atoms with Gasteiger partial charge in [-0.05, 0) is 38.0 Å². The number of benzene rings is 1. The fraction of sp³-hybridized carbons (Fsp3) is 0.353. The van der Waals surface area contributed by atoms with Gasteiger partial charge in [0.25, 0.3) is 0 Å². The van der Waals surface area contributed by atoms with Crippen LogP contribution in [0.15, 0.2) is 34.9 Å². The lowest BCUT2D eigenvalue weighted by atomic mass is 9.95. The van der Waals surface area contributed by atoms with Crippen molar-refractivity contribution in [2.24, 2.45) is 0 Å². The van der Waals surface area contributed by atoms with Crippen molar-refractivity contribution in [3.8, 4) is 0 Å². The van der Waals surface area contributed by atoms with Crippen LogP contribution in [-0.2, 0) is 9.59 Å². The highest BCUT2D eigenvalue weighted by Gasteiger charge is 2.23. The molecule has 2 atom stereocenters. The van der Waals surface area contributed by atoms with E-state index in [4.69, 9.17) is 4.52 Å². The van der Waals surface area contributed by atoms with E-state index >= 15 is 0 Å². The molecule has 0 radical (unpaired) electrons. The second kappa shape index (κ2) is 7.72. The van der Waals surface area contributed by atoms with Crippen LogP contribution in [-0.4, -0.2) is 23.0 Å². The molecule has 0 spiro atoms. The highest BCUT2D eigenvalue weighted by molar-refractivity contribution is 5.97. The number of amides is 2. The Morgan fingerprint density at radius 2 is 1.92 bits per heavy atom. The third-order valence-electron chi connectivity index (χ3n) is 3.63. The first kappa shape index (κ1) is 17.7. The molecule has 1 heterocycles. The molecule has 128 valence electrons. The van der Waals surface area contributed by atoms with Crippen molar-refractivity contribution in [2.45, 2.75) is 39.2 Å². The van der Waals surface area contributed by atoms with Gasteiger partial charge in [-0.25, -0.2) is 4.39 Å². The highest BCUT2D eigenvalue weighted by Crippen LogP contribution is 2.20. The van der Waals surface area contributed by atoms with Crippen molar-refractivity contribution >= 4 is 17.6 Å². The highest BCUT2D eigenvalue weighted by atomic mass is 19.1. The van der Waals surface area contributed by atoms with Crippen LogP contribution in [0, 0.1) is 12.7 Å². The van der Waals surface area contributed by atoms with Gasteiger partial charge in [0.2, 0.25) is 11.8 Å². The first-order valence-corrected chi connectivity index (χ1v) is 7.70. The van der Waals surface area contributed by atoms with Gasteiger partial charge in [0.05, 0.1) is 5.92 Å². The number of nitrogens with one attached hydrogen (secondary N) is 2. The molecule has 2 amide bonds. The van der Waals surface area contributed by atoms with E-state index in [-0.39, 0.29) is 11.7 Å². The maximum atomic E-state index is 13.0. The predicted molar refractivity (Wildman–Crippen MR) is 86.9 cm³/mol. The van der Waals surface area contributed by atoms with Gasteiger partial charge in [-0.15, -0.1) is 0 Å². The number of rotatable bonds is 6. The lowest BCUT2D eigenvalue weighted by Gasteiger charge is -2.19. The molecule has 0 fully saturated rings. The molecule has 6 nitrogen and oxygen atoms in total. The molecule has 2 N–H and O–H groups in total. The Kier molecular flexibility index (Phi) is 5.68. The van der Waals surface area contributed by atoms with Crippen LogP contribution in [0.4, 0.5) is 10.2 Å². The van der Waals surface area contributed by atoms with E-state index in [0.29, 0.717) is 23.6 Å². The summed E-state index contributed by atoms with van der Waals surface area (Å²) in [7, 11) is 0. The quantitative estimate of drug-likeness (QED) is 0.851. The summed E-state index contributed by atoms with van der Waals surface area (Å²) >= 11 is 0. The summed E-state index contributed by atoms with van der Waals surface area (Å²) in [4.78, 5) is 24.5. The molecule has 1 aromatic carbocycles. The van der Waals surface area contributed by atoms with Crippen molar-refractivity contribution in [3.05, 3.63) is 47.5 Å². The summed E-state index contributed by atoms with van der Waals surface area (Å²) < 4.78 is 17.9. The largest absolute Gasteiger partial charge is 0.360 e. The Morgan fingerprint density at radius 1 is 1.25 bits per heavy atom. The smallest absolute Gasteiger partial charge is 0.247 e. The molecule has 0 aliphatic rings. The molecule has 1 aromatic heterocycles. The number of aromatic nitrogens is 1. The van der Waals surface area contributed by atoms with Gasteiger partial charge in [0.1, 0.15) is 17.6 Å². The lowest BCUT2D eigenvalue weighted by molar-refractivity contribution is -0.127. The van der Waals surface area contributed by atoms with Crippen LogP contribution in [0.3, 0.4) is 0 Å². The molecule has 24 heavy (non-hydrogen) atoms. The predicted octanol–water partition coefficient (Wildman–Crippen LogP) is 2.76. The van der Waals surface area contributed by atoms with E-state index < -0.39 is 17.9 Å². The monoisotopic (exact) mass is 333 g/mol. The second-order valence-electron chi connectivity index (χ2n) is 5.55. The normalized spacial score (nSPS) is 13.2. The SMILES string of the molecule is CCC(C(=O)N[C@H](C)C(=O)Nc1cc(C)on1)c1ccc(F)cc1. The standard InChI is InChI=1S/C17H20FN3O3/c1-4-14(12-5-7-13(18)8-6-12)17(23)19-11(3)16(22)20-15-9-10(2)24-21-15/h5-9,11,14H,4H2,1-3H3,(H,19,23)(H,20,21,22)/t11-,14?/m1/s1. The topological polar surface area (TPSA) is 84.2 Å². The number of hydrogen-bond donors (Lipinski definition) is 2. The fourth-order valence-corrected chi connectivity index (χ4v) is 2.31. The maximum Gasteiger partial charge on any atom is 0.247 e. The first-order valence-electron chi connectivity index (χ1n) is 7.70. The van der Waals surface area contributed by atoms with Gasteiger partial charge in [-0.3, -0.25) is 9.59 Å². The number of aryl methyl sites for hydroxylation is 1. The van der Waals surface area contributed by atoms with Crippen molar-refractivity contribution in [3.63, 3.8) is 0 Å². The number of carbonyl (C=O) groups excluding carboxylic acids is 2. The molecule has 0 saturated carbocycles. The summed E-state index contributed by atoms with van der Waals surface area (Å²) in [5.41, 5.74) is 0.705. The van der Waals surface area contributed by atoms with Gasteiger partial charge >= 0.3 is 0 Å². The lowest BCUT2D eigenvalue weighted by Crippen LogP contribution is -2.43. The third-order valence-corrected chi connectivity index (χ3v) is 3.63. The van der Waals surface area contributed by atoms with Crippen LogP contribution in [0.5, 0.6) is 0 Å². The minimum Gasteiger partial charge on any atom is -0.360 e. The molecule has 0 aliphatic carbocycles. The molecule has 7 heteroatoms. The van der Waals surface area contributed by atoms with Gasteiger partial charge < -0.3 is 15.2 Å². The Labute approximate surface area is 139 Å². The molecular formula is C17H20FN3O3. The number of nitrogens with zero attached hydrogens (tertiary/aromatic N) is 1. The molecular weight excluding hydrogens is 313 g/mol.